The molecule has 0 radical (unpaired) electrons. The van der Waals surface area contributed by atoms with Gasteiger partial charge in [-0.2, -0.15) is 5.26 Å². The summed E-state index contributed by atoms with van der Waals surface area (Å²) in [5.74, 6) is 0. The molecule has 0 amide bonds. The van der Waals surface area contributed by atoms with Crippen LogP contribution in [0.4, 0.5) is 0 Å². The van der Waals surface area contributed by atoms with Crippen molar-refractivity contribution in [1.29, 1.82) is 5.26 Å². The average molecular weight is 181 g/mol. The van der Waals surface area contributed by atoms with E-state index in [1.165, 1.54) is 45.2 Å². The summed E-state index contributed by atoms with van der Waals surface area (Å²) in [4.78, 5) is 2.46. The van der Waals surface area contributed by atoms with E-state index in [1.807, 2.05) is 6.19 Å². The van der Waals surface area contributed by atoms with Crippen molar-refractivity contribution >= 4 is 0 Å². The van der Waals surface area contributed by atoms with E-state index in [0.29, 0.717) is 0 Å². The number of hydrogen-bond donors (Lipinski definition) is 1. The van der Waals surface area contributed by atoms with Crippen LogP contribution in [0, 0.1) is 11.5 Å². The molecule has 0 aromatic rings. The van der Waals surface area contributed by atoms with Gasteiger partial charge in [-0.15, -0.1) is 0 Å². The van der Waals surface area contributed by atoms with Gasteiger partial charge in [0.05, 0.1) is 0 Å². The van der Waals surface area contributed by atoms with Crippen molar-refractivity contribution in [3.63, 3.8) is 0 Å². The maximum absolute atomic E-state index is 8.32. The molecule has 13 heavy (non-hydrogen) atoms. The fourth-order valence-electron chi connectivity index (χ4n) is 1.81. The molecule has 3 heteroatoms. The second kappa shape index (κ2) is 6.73. The van der Waals surface area contributed by atoms with Crippen LogP contribution in [-0.4, -0.2) is 31.1 Å². The monoisotopic (exact) mass is 181 g/mol. The van der Waals surface area contributed by atoms with Crippen LogP contribution in [-0.2, 0) is 0 Å². The number of rotatable bonds is 3. The molecule has 0 aromatic heterocycles. The lowest BCUT2D eigenvalue weighted by Gasteiger charge is -2.23. The molecular formula is C10H19N3. The first-order valence-electron chi connectivity index (χ1n) is 5.28. The van der Waals surface area contributed by atoms with Crippen LogP contribution in [0.2, 0.25) is 0 Å². The quantitative estimate of drug-likeness (QED) is 0.405. The Hall–Kier alpha value is -0.750. The Kier molecular flexibility index (Phi) is 5.35. The number of nitriles is 1. The summed E-state index contributed by atoms with van der Waals surface area (Å²) in [5.41, 5.74) is 0. The molecule has 1 N–H and O–H groups in total. The predicted molar refractivity (Wildman–Crippen MR) is 53.1 cm³/mol. The smallest absolute Gasteiger partial charge is 0.176 e. The summed E-state index contributed by atoms with van der Waals surface area (Å²) in [6.07, 6.45) is 8.77. The van der Waals surface area contributed by atoms with Gasteiger partial charge in [-0.25, -0.2) is 0 Å². The molecule has 0 unspecified atom stereocenters. The van der Waals surface area contributed by atoms with Crippen LogP contribution in [0.25, 0.3) is 0 Å². The average Bonchev–Trinajstić information content (AvgIpc) is 2.08. The molecule has 0 atom stereocenters. The van der Waals surface area contributed by atoms with E-state index in [-0.39, 0.29) is 0 Å². The molecule has 1 saturated heterocycles. The van der Waals surface area contributed by atoms with Crippen molar-refractivity contribution < 1.29 is 0 Å². The fourth-order valence-corrected chi connectivity index (χ4v) is 1.81. The number of nitrogens with one attached hydrogen (secondary N) is 1. The van der Waals surface area contributed by atoms with Gasteiger partial charge in [0, 0.05) is 13.1 Å². The molecule has 74 valence electrons. The third-order valence-electron chi connectivity index (χ3n) is 2.58. The van der Waals surface area contributed by atoms with Gasteiger partial charge in [-0.1, -0.05) is 19.3 Å². The Bertz CT molecular complexity index is 154. The maximum atomic E-state index is 8.32. The van der Waals surface area contributed by atoms with E-state index >= 15 is 0 Å². The van der Waals surface area contributed by atoms with Gasteiger partial charge in [-0.05, 0) is 25.9 Å². The lowest BCUT2D eigenvalue weighted by atomic mass is 10.1. The molecule has 0 aliphatic carbocycles. The largest absolute Gasteiger partial charge is 0.323 e. The fraction of sp³-hybridized carbons (Fsp3) is 0.900. The molecule has 0 aromatic carbocycles. The molecule has 3 nitrogen and oxygen atoms in total. The van der Waals surface area contributed by atoms with Crippen molar-refractivity contribution in [2.24, 2.45) is 0 Å². The highest BCUT2D eigenvalue weighted by atomic mass is 15.1. The first kappa shape index (κ1) is 10.3. The standard InChI is InChI=1S/C10H19N3/c11-10-12-6-9-13-7-4-2-1-3-5-8-13/h12H,1-9H2. The van der Waals surface area contributed by atoms with Gasteiger partial charge in [0.15, 0.2) is 6.19 Å². The summed E-state index contributed by atoms with van der Waals surface area (Å²) in [7, 11) is 0. The lowest BCUT2D eigenvalue weighted by molar-refractivity contribution is 0.250. The van der Waals surface area contributed by atoms with Crippen LogP contribution in [0.5, 0.6) is 0 Å². The SMILES string of the molecule is N#CNCCN1CCCCCCC1. The van der Waals surface area contributed by atoms with Gasteiger partial charge in [0.1, 0.15) is 0 Å². The minimum atomic E-state index is 0.802. The summed E-state index contributed by atoms with van der Waals surface area (Å²) >= 11 is 0. The maximum Gasteiger partial charge on any atom is 0.176 e. The molecule has 1 aliphatic heterocycles. The van der Waals surface area contributed by atoms with E-state index in [2.05, 4.69) is 10.2 Å². The number of likely N-dealkylation sites (tertiary alicyclic amines) is 1. The highest BCUT2D eigenvalue weighted by molar-refractivity contribution is 4.68. The normalized spacial score (nSPS) is 19.9. The van der Waals surface area contributed by atoms with Crippen LogP contribution in [0.1, 0.15) is 32.1 Å². The van der Waals surface area contributed by atoms with E-state index in [1.54, 1.807) is 0 Å². The van der Waals surface area contributed by atoms with E-state index in [0.717, 1.165) is 13.1 Å². The first-order valence-corrected chi connectivity index (χ1v) is 5.28. The van der Waals surface area contributed by atoms with Gasteiger partial charge < -0.3 is 10.2 Å². The Balaban J connectivity index is 2.11. The number of nitrogens with zero attached hydrogens (tertiary/aromatic N) is 2. The van der Waals surface area contributed by atoms with Crippen LogP contribution >= 0.6 is 0 Å². The van der Waals surface area contributed by atoms with E-state index in [4.69, 9.17) is 5.26 Å². The Morgan fingerprint density at radius 2 is 1.69 bits per heavy atom. The van der Waals surface area contributed by atoms with Crippen molar-refractivity contribution in [3.05, 3.63) is 0 Å². The van der Waals surface area contributed by atoms with Crippen molar-refractivity contribution in [2.45, 2.75) is 32.1 Å². The van der Waals surface area contributed by atoms with Crippen LogP contribution in [0.3, 0.4) is 0 Å². The second-order valence-electron chi connectivity index (χ2n) is 3.65. The van der Waals surface area contributed by atoms with Crippen molar-refractivity contribution in [1.82, 2.24) is 10.2 Å². The summed E-state index contributed by atoms with van der Waals surface area (Å²) in [6, 6.07) is 0. The molecule has 0 spiro atoms. The first-order chi connectivity index (χ1) is 6.43. The summed E-state index contributed by atoms with van der Waals surface area (Å²) in [5, 5.41) is 11.0. The van der Waals surface area contributed by atoms with Gasteiger partial charge in [0.25, 0.3) is 0 Å². The van der Waals surface area contributed by atoms with Gasteiger partial charge in [0.2, 0.25) is 0 Å². The predicted octanol–water partition coefficient (Wildman–Crippen LogP) is 1.32. The molecule has 1 aliphatic rings. The topological polar surface area (TPSA) is 39.1 Å². The Labute approximate surface area is 80.7 Å². The molecule has 1 fully saturated rings. The molecule has 0 bridgehead atoms. The van der Waals surface area contributed by atoms with Gasteiger partial charge >= 0.3 is 0 Å². The second-order valence-corrected chi connectivity index (χ2v) is 3.65. The highest BCUT2D eigenvalue weighted by Gasteiger charge is 2.06. The van der Waals surface area contributed by atoms with Crippen molar-refractivity contribution in [3.8, 4) is 6.19 Å². The van der Waals surface area contributed by atoms with E-state index < -0.39 is 0 Å². The third kappa shape index (κ3) is 4.74. The van der Waals surface area contributed by atoms with Gasteiger partial charge in [-0.3, -0.25) is 0 Å². The molecule has 1 rings (SSSR count). The summed E-state index contributed by atoms with van der Waals surface area (Å²) in [6.45, 7) is 4.25. The van der Waals surface area contributed by atoms with E-state index in [9.17, 15) is 0 Å². The zero-order chi connectivity index (χ0) is 9.36. The van der Waals surface area contributed by atoms with Crippen LogP contribution < -0.4 is 5.32 Å². The molecule has 1 heterocycles. The molecule has 0 saturated carbocycles. The minimum Gasteiger partial charge on any atom is -0.323 e. The zero-order valence-corrected chi connectivity index (χ0v) is 8.26. The highest BCUT2D eigenvalue weighted by Crippen LogP contribution is 2.09. The summed E-state index contributed by atoms with van der Waals surface area (Å²) < 4.78 is 0. The Morgan fingerprint density at radius 3 is 2.31 bits per heavy atom. The third-order valence-corrected chi connectivity index (χ3v) is 2.58. The minimum absolute atomic E-state index is 0.802. The van der Waals surface area contributed by atoms with Crippen LogP contribution in [0.15, 0.2) is 0 Å². The lowest BCUT2D eigenvalue weighted by Crippen LogP contribution is -2.33. The number of hydrogen-bond acceptors (Lipinski definition) is 3. The zero-order valence-electron chi connectivity index (χ0n) is 8.26. The Morgan fingerprint density at radius 1 is 1.08 bits per heavy atom. The van der Waals surface area contributed by atoms with Crippen molar-refractivity contribution in [2.75, 3.05) is 26.2 Å². The molecular weight excluding hydrogens is 162 g/mol.